The van der Waals surface area contributed by atoms with Crippen molar-refractivity contribution in [2.75, 3.05) is 18.0 Å². The van der Waals surface area contributed by atoms with Crippen molar-refractivity contribution >= 4 is 28.5 Å². The third kappa shape index (κ3) is 3.82. The summed E-state index contributed by atoms with van der Waals surface area (Å²) in [6, 6.07) is 11.8. The van der Waals surface area contributed by atoms with Crippen LogP contribution < -0.4 is 10.2 Å². The highest BCUT2D eigenvalue weighted by molar-refractivity contribution is 6.02. The molecule has 5 rings (SSSR count). The summed E-state index contributed by atoms with van der Waals surface area (Å²) in [5, 5.41) is 2.96. The lowest BCUT2D eigenvalue weighted by molar-refractivity contribution is -0.134. The zero-order valence-electron chi connectivity index (χ0n) is 17.5. The lowest BCUT2D eigenvalue weighted by atomic mass is 9.90. The van der Waals surface area contributed by atoms with Gasteiger partial charge in [0.15, 0.2) is 0 Å². The number of carbonyl (C=O) groups is 2. The molecule has 0 radical (unpaired) electrons. The fraction of sp³-hybridized carbons (Fsp3) is 0.360. The van der Waals surface area contributed by atoms with Crippen molar-refractivity contribution in [3.63, 3.8) is 0 Å². The van der Waals surface area contributed by atoms with Crippen LogP contribution in [0, 0.1) is 18.7 Å². The van der Waals surface area contributed by atoms with Gasteiger partial charge in [0.05, 0.1) is 17.9 Å². The SMILES string of the molecule is Cc1ccc(CC2CCN(c3cc4occ(C5CCC(=O)NC5=O)c4cc3F)C2)cc1. The highest BCUT2D eigenvalue weighted by Gasteiger charge is 2.31. The summed E-state index contributed by atoms with van der Waals surface area (Å²) >= 11 is 0. The second-order valence-electron chi connectivity index (χ2n) is 8.78. The Morgan fingerprint density at radius 3 is 2.74 bits per heavy atom. The van der Waals surface area contributed by atoms with Crippen LogP contribution in [-0.2, 0) is 16.0 Å². The van der Waals surface area contributed by atoms with Gasteiger partial charge in [-0.2, -0.15) is 0 Å². The first kappa shape index (κ1) is 19.8. The average Bonchev–Trinajstić information content (AvgIpc) is 3.36. The number of rotatable bonds is 4. The van der Waals surface area contributed by atoms with Crippen LogP contribution in [0.3, 0.4) is 0 Å². The number of hydrogen-bond donors (Lipinski definition) is 1. The molecule has 3 aromatic rings. The number of amides is 2. The predicted octanol–water partition coefficient (Wildman–Crippen LogP) is 4.47. The standard InChI is InChI=1S/C25H25FN2O3/c1-15-2-4-16(5-3-15)10-17-8-9-28(13-17)22-12-23-19(11-21(22)26)20(14-31-23)18-6-7-24(29)27-25(18)30/h2-5,11-12,14,17-18H,6-10,13H2,1H3,(H,27,29,30). The number of nitrogens with one attached hydrogen (secondary N) is 1. The van der Waals surface area contributed by atoms with Gasteiger partial charge in [-0.1, -0.05) is 29.8 Å². The molecule has 1 aromatic heterocycles. The van der Waals surface area contributed by atoms with Gasteiger partial charge in [0, 0.05) is 36.5 Å². The summed E-state index contributed by atoms with van der Waals surface area (Å²) in [4.78, 5) is 25.8. The summed E-state index contributed by atoms with van der Waals surface area (Å²) in [5.74, 6) is -0.930. The number of benzene rings is 2. The van der Waals surface area contributed by atoms with E-state index in [-0.39, 0.29) is 24.1 Å². The summed E-state index contributed by atoms with van der Waals surface area (Å²) in [7, 11) is 0. The molecule has 6 heteroatoms. The van der Waals surface area contributed by atoms with Crippen molar-refractivity contribution in [1.29, 1.82) is 0 Å². The first-order valence-electron chi connectivity index (χ1n) is 10.8. The summed E-state index contributed by atoms with van der Waals surface area (Å²) in [6.07, 6.45) is 4.22. The molecule has 160 valence electrons. The van der Waals surface area contributed by atoms with Gasteiger partial charge in [0.1, 0.15) is 11.4 Å². The molecule has 0 bridgehead atoms. The number of nitrogens with zero attached hydrogens (tertiary/aromatic N) is 1. The average molecular weight is 420 g/mol. The molecule has 0 saturated carbocycles. The molecular weight excluding hydrogens is 395 g/mol. The Labute approximate surface area is 180 Å². The summed E-state index contributed by atoms with van der Waals surface area (Å²) in [5.41, 5.74) is 4.32. The van der Waals surface area contributed by atoms with Crippen LogP contribution >= 0.6 is 0 Å². The fourth-order valence-electron chi connectivity index (χ4n) is 4.83. The van der Waals surface area contributed by atoms with E-state index in [4.69, 9.17) is 4.42 Å². The first-order chi connectivity index (χ1) is 15.0. The topological polar surface area (TPSA) is 62.6 Å². The third-order valence-electron chi connectivity index (χ3n) is 6.56. The molecule has 2 unspecified atom stereocenters. The van der Waals surface area contributed by atoms with Gasteiger partial charge in [-0.3, -0.25) is 14.9 Å². The van der Waals surface area contributed by atoms with E-state index < -0.39 is 5.92 Å². The van der Waals surface area contributed by atoms with Crippen LogP contribution in [0.2, 0.25) is 0 Å². The molecule has 0 aliphatic carbocycles. The number of piperidine rings is 1. The van der Waals surface area contributed by atoms with Gasteiger partial charge in [0.2, 0.25) is 11.8 Å². The molecule has 2 aliphatic heterocycles. The monoisotopic (exact) mass is 420 g/mol. The highest BCUT2D eigenvalue weighted by Crippen LogP contribution is 2.37. The van der Waals surface area contributed by atoms with Crippen molar-refractivity contribution in [3.05, 3.63) is 65.2 Å². The van der Waals surface area contributed by atoms with Gasteiger partial charge in [-0.25, -0.2) is 4.39 Å². The van der Waals surface area contributed by atoms with Crippen molar-refractivity contribution in [3.8, 4) is 0 Å². The van der Waals surface area contributed by atoms with Crippen molar-refractivity contribution in [1.82, 2.24) is 5.32 Å². The number of carbonyl (C=O) groups excluding carboxylic acids is 2. The molecule has 31 heavy (non-hydrogen) atoms. The minimum Gasteiger partial charge on any atom is -0.464 e. The lowest BCUT2D eigenvalue weighted by Crippen LogP contribution is -2.39. The van der Waals surface area contributed by atoms with E-state index in [0.717, 1.165) is 25.9 Å². The number of halogens is 1. The van der Waals surface area contributed by atoms with Crippen LogP contribution in [0.25, 0.3) is 11.0 Å². The maximum absolute atomic E-state index is 15.1. The van der Waals surface area contributed by atoms with Gasteiger partial charge in [-0.05, 0) is 43.7 Å². The minimum atomic E-state index is -0.491. The molecule has 2 atom stereocenters. The Morgan fingerprint density at radius 2 is 1.97 bits per heavy atom. The van der Waals surface area contributed by atoms with Gasteiger partial charge >= 0.3 is 0 Å². The van der Waals surface area contributed by atoms with Crippen LogP contribution in [0.5, 0.6) is 0 Å². The molecule has 0 spiro atoms. The Bertz CT molecular complexity index is 1150. The smallest absolute Gasteiger partial charge is 0.234 e. The Kier molecular flexibility index (Phi) is 5.00. The van der Waals surface area contributed by atoms with Crippen LogP contribution in [-0.4, -0.2) is 24.9 Å². The van der Waals surface area contributed by atoms with E-state index in [1.807, 2.05) is 0 Å². The van der Waals surface area contributed by atoms with Crippen molar-refractivity contribution in [2.24, 2.45) is 5.92 Å². The van der Waals surface area contributed by atoms with Crippen molar-refractivity contribution in [2.45, 2.75) is 38.5 Å². The van der Waals surface area contributed by atoms with Crippen molar-refractivity contribution < 1.29 is 18.4 Å². The number of aryl methyl sites for hydroxylation is 1. The quantitative estimate of drug-likeness (QED) is 0.633. The maximum Gasteiger partial charge on any atom is 0.234 e. The molecule has 2 aliphatic rings. The molecule has 5 nitrogen and oxygen atoms in total. The number of furan rings is 1. The molecule has 1 N–H and O–H groups in total. The summed E-state index contributed by atoms with van der Waals surface area (Å²) < 4.78 is 20.8. The number of hydrogen-bond acceptors (Lipinski definition) is 4. The summed E-state index contributed by atoms with van der Waals surface area (Å²) in [6.45, 7) is 3.69. The second-order valence-corrected chi connectivity index (χ2v) is 8.78. The van der Waals surface area contributed by atoms with E-state index in [1.165, 1.54) is 23.5 Å². The zero-order chi connectivity index (χ0) is 21.5. The van der Waals surface area contributed by atoms with Crippen LogP contribution in [0.4, 0.5) is 10.1 Å². The van der Waals surface area contributed by atoms with E-state index in [1.54, 1.807) is 6.07 Å². The maximum atomic E-state index is 15.1. The van der Waals surface area contributed by atoms with E-state index >= 15 is 4.39 Å². The van der Waals surface area contributed by atoms with Gasteiger partial charge in [0.25, 0.3) is 0 Å². The fourth-order valence-corrected chi connectivity index (χ4v) is 4.83. The van der Waals surface area contributed by atoms with Crippen LogP contribution in [0.15, 0.2) is 47.1 Å². The normalized spacial score (nSPS) is 21.7. The lowest BCUT2D eigenvalue weighted by Gasteiger charge is -2.21. The third-order valence-corrected chi connectivity index (χ3v) is 6.56. The first-order valence-corrected chi connectivity index (χ1v) is 10.8. The molecule has 2 saturated heterocycles. The number of fused-ring (bicyclic) bond motifs is 1. The molecule has 2 amide bonds. The van der Waals surface area contributed by atoms with E-state index in [2.05, 4.69) is 41.4 Å². The van der Waals surface area contributed by atoms with Gasteiger partial charge < -0.3 is 9.32 Å². The number of anilines is 1. The second kappa shape index (κ2) is 7.84. The molecule has 2 aromatic carbocycles. The predicted molar refractivity (Wildman–Crippen MR) is 116 cm³/mol. The molecule has 3 heterocycles. The zero-order valence-corrected chi connectivity index (χ0v) is 17.5. The Morgan fingerprint density at radius 1 is 1.16 bits per heavy atom. The Balaban J connectivity index is 1.35. The van der Waals surface area contributed by atoms with Crippen LogP contribution in [0.1, 0.15) is 41.9 Å². The highest BCUT2D eigenvalue weighted by atomic mass is 19.1. The Hall–Kier alpha value is -3.15. The minimum absolute atomic E-state index is 0.267. The largest absolute Gasteiger partial charge is 0.464 e. The molecule has 2 fully saturated rings. The van der Waals surface area contributed by atoms with E-state index in [0.29, 0.717) is 34.6 Å². The number of imide groups is 1. The van der Waals surface area contributed by atoms with Gasteiger partial charge in [-0.15, -0.1) is 0 Å². The van der Waals surface area contributed by atoms with E-state index in [9.17, 15) is 9.59 Å². The molecular formula is C25H25FN2O3.